The van der Waals surface area contributed by atoms with Crippen molar-refractivity contribution in [1.82, 2.24) is 15.6 Å². The summed E-state index contributed by atoms with van der Waals surface area (Å²) in [6.45, 7) is 3.97. The average Bonchev–Trinajstić information content (AvgIpc) is 2.33. The highest BCUT2D eigenvalue weighted by molar-refractivity contribution is 6.68. The highest BCUT2D eigenvalue weighted by atomic mass is 35.6. The van der Waals surface area contributed by atoms with E-state index in [2.05, 4.69) is 15.6 Å². The summed E-state index contributed by atoms with van der Waals surface area (Å²) in [6, 6.07) is 3.70. The van der Waals surface area contributed by atoms with Gasteiger partial charge in [-0.1, -0.05) is 54.7 Å². The van der Waals surface area contributed by atoms with Crippen molar-refractivity contribution in [3.63, 3.8) is 0 Å². The number of carbonyl (C=O) groups is 1. The second-order valence-electron chi connectivity index (χ2n) is 4.38. The van der Waals surface area contributed by atoms with Crippen LogP contribution in [0, 0.1) is 5.92 Å². The second kappa shape index (κ2) is 7.29. The third kappa shape index (κ3) is 5.95. The molecular weight excluding hydrogens is 309 g/mol. The highest BCUT2D eigenvalue weighted by Gasteiger charge is 2.33. The molecule has 0 fully saturated rings. The zero-order valence-corrected chi connectivity index (χ0v) is 12.9. The SMILES string of the molecule is CC(C)C(=O)N[C@H](NCc1cccnc1)C(Cl)(Cl)Cl. The highest BCUT2D eigenvalue weighted by Crippen LogP contribution is 2.29. The molecule has 1 amide bonds. The number of hydrogen-bond donors (Lipinski definition) is 2. The van der Waals surface area contributed by atoms with E-state index in [0.717, 1.165) is 5.56 Å². The molecule has 4 nitrogen and oxygen atoms in total. The molecule has 0 unspecified atom stereocenters. The second-order valence-corrected chi connectivity index (χ2v) is 6.75. The van der Waals surface area contributed by atoms with Crippen molar-refractivity contribution in [2.75, 3.05) is 0 Å². The van der Waals surface area contributed by atoms with Crippen molar-refractivity contribution in [2.45, 2.75) is 30.4 Å². The first-order chi connectivity index (χ1) is 8.80. The summed E-state index contributed by atoms with van der Waals surface area (Å²) in [5, 5.41) is 5.65. The fraction of sp³-hybridized carbons (Fsp3) is 0.500. The number of halogens is 3. The van der Waals surface area contributed by atoms with Gasteiger partial charge in [-0.3, -0.25) is 15.1 Å². The first-order valence-corrected chi connectivity index (χ1v) is 6.93. The van der Waals surface area contributed by atoms with Crippen LogP contribution in [-0.4, -0.2) is 20.8 Å². The number of amides is 1. The number of nitrogens with zero attached hydrogens (tertiary/aromatic N) is 1. The Hall–Kier alpha value is -0.550. The number of aromatic nitrogens is 1. The first kappa shape index (κ1) is 16.5. The lowest BCUT2D eigenvalue weighted by Gasteiger charge is -2.27. The predicted octanol–water partition coefficient (Wildman–Crippen LogP) is 2.64. The number of rotatable bonds is 5. The molecule has 0 bridgehead atoms. The normalized spacial score (nSPS) is 13.4. The van der Waals surface area contributed by atoms with E-state index >= 15 is 0 Å². The van der Waals surface area contributed by atoms with Crippen molar-refractivity contribution in [2.24, 2.45) is 5.92 Å². The van der Waals surface area contributed by atoms with E-state index in [0.29, 0.717) is 6.54 Å². The Morgan fingerprint density at radius 3 is 2.58 bits per heavy atom. The van der Waals surface area contributed by atoms with Gasteiger partial charge in [0, 0.05) is 24.9 Å². The van der Waals surface area contributed by atoms with Crippen molar-refractivity contribution < 1.29 is 4.79 Å². The Morgan fingerprint density at radius 2 is 2.11 bits per heavy atom. The molecule has 1 aromatic rings. The smallest absolute Gasteiger partial charge is 0.223 e. The minimum atomic E-state index is -1.63. The van der Waals surface area contributed by atoms with Crippen LogP contribution in [0.25, 0.3) is 0 Å². The Morgan fingerprint density at radius 1 is 1.42 bits per heavy atom. The lowest BCUT2D eigenvalue weighted by atomic mass is 10.2. The molecule has 0 aromatic carbocycles. The largest absolute Gasteiger partial charge is 0.336 e. The summed E-state index contributed by atoms with van der Waals surface area (Å²) < 4.78 is -1.63. The maximum absolute atomic E-state index is 11.7. The summed E-state index contributed by atoms with van der Waals surface area (Å²) in [6.07, 6.45) is 2.61. The Labute approximate surface area is 127 Å². The molecule has 2 N–H and O–H groups in total. The van der Waals surface area contributed by atoms with Crippen LogP contribution in [0.2, 0.25) is 0 Å². The molecule has 1 rings (SSSR count). The Balaban J connectivity index is 2.63. The molecule has 7 heteroatoms. The van der Waals surface area contributed by atoms with Gasteiger partial charge >= 0.3 is 0 Å². The quantitative estimate of drug-likeness (QED) is 0.647. The van der Waals surface area contributed by atoms with E-state index in [-0.39, 0.29) is 11.8 Å². The number of nitrogens with one attached hydrogen (secondary N) is 2. The molecule has 0 saturated carbocycles. The van der Waals surface area contributed by atoms with Crippen LogP contribution in [0.5, 0.6) is 0 Å². The van der Waals surface area contributed by atoms with Crippen LogP contribution >= 0.6 is 34.8 Å². The van der Waals surface area contributed by atoms with Crippen molar-refractivity contribution >= 4 is 40.7 Å². The zero-order chi connectivity index (χ0) is 14.5. The van der Waals surface area contributed by atoms with Gasteiger partial charge in [-0.2, -0.15) is 0 Å². The zero-order valence-electron chi connectivity index (χ0n) is 10.7. The summed E-state index contributed by atoms with van der Waals surface area (Å²) >= 11 is 17.6. The van der Waals surface area contributed by atoms with Gasteiger partial charge in [0.15, 0.2) is 0 Å². The topological polar surface area (TPSA) is 54.0 Å². The molecule has 1 aromatic heterocycles. The number of carbonyl (C=O) groups excluding carboxylic acids is 1. The lowest BCUT2D eigenvalue weighted by Crippen LogP contribution is -2.54. The fourth-order valence-corrected chi connectivity index (χ4v) is 1.68. The van der Waals surface area contributed by atoms with E-state index in [1.54, 1.807) is 26.2 Å². The van der Waals surface area contributed by atoms with Crippen molar-refractivity contribution in [3.8, 4) is 0 Å². The van der Waals surface area contributed by atoms with Gasteiger partial charge in [0.05, 0.1) is 0 Å². The molecule has 0 saturated heterocycles. The third-order valence-corrected chi connectivity index (χ3v) is 3.03. The van der Waals surface area contributed by atoms with E-state index in [1.165, 1.54) is 0 Å². The van der Waals surface area contributed by atoms with Crippen LogP contribution in [0.3, 0.4) is 0 Å². The summed E-state index contributed by atoms with van der Waals surface area (Å²) in [7, 11) is 0. The summed E-state index contributed by atoms with van der Waals surface area (Å²) in [5.41, 5.74) is 0.931. The van der Waals surface area contributed by atoms with Gasteiger partial charge in [0.25, 0.3) is 0 Å². The molecule has 0 aliphatic rings. The van der Waals surface area contributed by atoms with E-state index < -0.39 is 9.96 Å². The maximum Gasteiger partial charge on any atom is 0.223 e. The number of hydrogen-bond acceptors (Lipinski definition) is 3. The van der Waals surface area contributed by atoms with Crippen LogP contribution in [-0.2, 0) is 11.3 Å². The first-order valence-electron chi connectivity index (χ1n) is 5.80. The van der Waals surface area contributed by atoms with Gasteiger partial charge in [-0.25, -0.2) is 0 Å². The molecule has 0 aliphatic heterocycles. The standard InChI is InChI=1S/C12H16Cl3N3O/c1-8(2)10(19)18-11(12(13,14)15)17-7-9-4-3-5-16-6-9/h3-6,8,11,17H,7H2,1-2H3,(H,18,19)/t11-/m0/s1. The molecule has 1 heterocycles. The van der Waals surface area contributed by atoms with Crippen LogP contribution < -0.4 is 10.6 Å². The minimum absolute atomic E-state index is 0.185. The molecule has 106 valence electrons. The third-order valence-electron chi connectivity index (χ3n) is 2.37. The molecule has 0 spiro atoms. The van der Waals surface area contributed by atoms with Gasteiger partial charge in [0.1, 0.15) is 6.17 Å². The number of alkyl halides is 3. The van der Waals surface area contributed by atoms with Crippen LogP contribution in [0.15, 0.2) is 24.5 Å². The Kier molecular flexibility index (Phi) is 6.33. The summed E-state index contributed by atoms with van der Waals surface area (Å²) in [4.78, 5) is 15.7. The molecule has 0 aliphatic carbocycles. The minimum Gasteiger partial charge on any atom is -0.336 e. The van der Waals surface area contributed by atoms with Gasteiger partial charge in [-0.15, -0.1) is 0 Å². The fourth-order valence-electron chi connectivity index (χ4n) is 1.28. The van der Waals surface area contributed by atoms with Gasteiger partial charge in [-0.05, 0) is 11.6 Å². The lowest BCUT2D eigenvalue weighted by molar-refractivity contribution is -0.124. The summed E-state index contributed by atoms with van der Waals surface area (Å²) in [5.74, 6) is -0.370. The van der Waals surface area contributed by atoms with E-state index in [4.69, 9.17) is 34.8 Å². The van der Waals surface area contributed by atoms with Crippen molar-refractivity contribution in [3.05, 3.63) is 30.1 Å². The van der Waals surface area contributed by atoms with E-state index in [9.17, 15) is 4.79 Å². The van der Waals surface area contributed by atoms with Crippen LogP contribution in [0.1, 0.15) is 19.4 Å². The van der Waals surface area contributed by atoms with Crippen molar-refractivity contribution in [1.29, 1.82) is 0 Å². The van der Waals surface area contributed by atoms with Crippen LogP contribution in [0.4, 0.5) is 0 Å². The molecule has 0 radical (unpaired) electrons. The monoisotopic (exact) mass is 323 g/mol. The average molecular weight is 325 g/mol. The molecule has 1 atom stereocenters. The maximum atomic E-state index is 11.7. The van der Waals surface area contributed by atoms with Gasteiger partial charge in [0.2, 0.25) is 9.70 Å². The number of pyridine rings is 1. The molecular formula is C12H16Cl3N3O. The Bertz CT molecular complexity index is 406. The van der Waals surface area contributed by atoms with E-state index in [1.807, 2.05) is 12.1 Å². The van der Waals surface area contributed by atoms with Gasteiger partial charge < -0.3 is 5.32 Å². The molecule has 19 heavy (non-hydrogen) atoms. The predicted molar refractivity (Wildman–Crippen MR) is 78.1 cm³/mol.